The third-order valence-electron chi connectivity index (χ3n) is 4.63. The topological polar surface area (TPSA) is 86.1 Å². The zero-order valence-corrected chi connectivity index (χ0v) is 15.9. The lowest BCUT2D eigenvalue weighted by atomic mass is 10.2. The van der Waals surface area contributed by atoms with Crippen LogP contribution in [0.1, 0.15) is 30.5 Å². The van der Waals surface area contributed by atoms with Gasteiger partial charge in [-0.15, -0.1) is 11.3 Å². The Kier molecular flexibility index (Phi) is 5.37. The van der Waals surface area contributed by atoms with Gasteiger partial charge in [0, 0.05) is 29.4 Å². The van der Waals surface area contributed by atoms with Crippen LogP contribution in [-0.2, 0) is 28.9 Å². The van der Waals surface area contributed by atoms with E-state index in [0.29, 0.717) is 16.7 Å². The summed E-state index contributed by atoms with van der Waals surface area (Å²) < 4.78 is 7.47. The van der Waals surface area contributed by atoms with Gasteiger partial charge >= 0.3 is 5.69 Å². The standard InChI is InChI=1S/C17H20N4O3S2/c22-14(19-16-18-6-8-25-16)10-26-15-12-4-1-5-13(12)21(17(23)20-15)9-11-3-2-7-24-11/h6,8,11H,1-5,7,9-10H2,(H,18,19,22). The van der Waals surface area contributed by atoms with E-state index in [-0.39, 0.29) is 23.5 Å². The molecule has 3 heterocycles. The Hall–Kier alpha value is -1.71. The number of aromatic nitrogens is 3. The van der Waals surface area contributed by atoms with Crippen molar-refractivity contribution in [1.82, 2.24) is 14.5 Å². The summed E-state index contributed by atoms with van der Waals surface area (Å²) in [7, 11) is 0. The molecule has 2 aromatic heterocycles. The molecular formula is C17H20N4O3S2. The number of thiazole rings is 1. The normalized spacial score (nSPS) is 18.8. The number of thioether (sulfide) groups is 1. The minimum Gasteiger partial charge on any atom is -0.376 e. The van der Waals surface area contributed by atoms with E-state index in [1.54, 1.807) is 10.8 Å². The molecule has 4 rings (SSSR count). The minimum atomic E-state index is -0.232. The third-order valence-corrected chi connectivity index (χ3v) is 6.34. The summed E-state index contributed by atoms with van der Waals surface area (Å²) in [5.74, 6) is 0.0795. The van der Waals surface area contributed by atoms with Gasteiger partial charge in [-0.2, -0.15) is 4.98 Å². The van der Waals surface area contributed by atoms with Crippen molar-refractivity contribution in [1.29, 1.82) is 0 Å². The van der Waals surface area contributed by atoms with Gasteiger partial charge in [0.1, 0.15) is 5.03 Å². The van der Waals surface area contributed by atoms with Crippen LogP contribution in [0.3, 0.4) is 0 Å². The second-order valence-corrected chi connectivity index (χ2v) is 8.26. The van der Waals surface area contributed by atoms with Crippen LogP contribution in [-0.4, -0.2) is 38.9 Å². The van der Waals surface area contributed by atoms with E-state index >= 15 is 0 Å². The van der Waals surface area contributed by atoms with Crippen molar-refractivity contribution in [3.8, 4) is 0 Å². The van der Waals surface area contributed by atoms with Gasteiger partial charge < -0.3 is 10.1 Å². The molecule has 26 heavy (non-hydrogen) atoms. The summed E-state index contributed by atoms with van der Waals surface area (Å²) in [6.45, 7) is 1.36. The molecule has 2 aromatic rings. The number of ether oxygens (including phenoxy) is 1. The Balaban J connectivity index is 1.48. The summed E-state index contributed by atoms with van der Waals surface area (Å²) >= 11 is 2.71. The van der Waals surface area contributed by atoms with E-state index in [9.17, 15) is 9.59 Å². The molecule has 0 saturated carbocycles. The molecule has 1 N–H and O–H groups in total. The summed E-state index contributed by atoms with van der Waals surface area (Å²) in [5.41, 5.74) is 1.96. The zero-order chi connectivity index (χ0) is 17.9. The fraction of sp³-hybridized carbons (Fsp3) is 0.529. The van der Waals surface area contributed by atoms with Crippen LogP contribution >= 0.6 is 23.1 Å². The van der Waals surface area contributed by atoms with Gasteiger partial charge in [-0.1, -0.05) is 11.8 Å². The predicted octanol–water partition coefficient (Wildman–Crippen LogP) is 2.10. The molecule has 2 aliphatic rings. The van der Waals surface area contributed by atoms with E-state index in [1.165, 1.54) is 23.1 Å². The van der Waals surface area contributed by atoms with Gasteiger partial charge in [0.2, 0.25) is 5.91 Å². The number of amides is 1. The number of carbonyl (C=O) groups is 1. The Morgan fingerprint density at radius 3 is 3.12 bits per heavy atom. The summed E-state index contributed by atoms with van der Waals surface area (Å²) in [6.07, 6.45) is 6.62. The highest BCUT2D eigenvalue weighted by Gasteiger charge is 2.25. The summed E-state index contributed by atoms with van der Waals surface area (Å²) in [6, 6.07) is 0. The predicted molar refractivity (Wildman–Crippen MR) is 101 cm³/mol. The number of anilines is 1. The number of nitrogens with one attached hydrogen (secondary N) is 1. The van der Waals surface area contributed by atoms with Gasteiger partial charge in [0.25, 0.3) is 0 Å². The fourth-order valence-electron chi connectivity index (χ4n) is 3.46. The lowest BCUT2D eigenvalue weighted by molar-refractivity contribution is -0.113. The van der Waals surface area contributed by atoms with Crippen LogP contribution in [0.25, 0.3) is 0 Å². The maximum Gasteiger partial charge on any atom is 0.348 e. The number of fused-ring (bicyclic) bond motifs is 1. The lowest BCUT2D eigenvalue weighted by Crippen LogP contribution is -2.31. The second-order valence-electron chi connectivity index (χ2n) is 6.40. The molecule has 138 valence electrons. The first kappa shape index (κ1) is 17.7. The van der Waals surface area contributed by atoms with E-state index in [1.807, 2.05) is 5.38 Å². The van der Waals surface area contributed by atoms with Crippen molar-refractivity contribution in [3.63, 3.8) is 0 Å². The molecule has 0 aromatic carbocycles. The molecule has 1 amide bonds. The number of hydrogen-bond acceptors (Lipinski definition) is 7. The van der Waals surface area contributed by atoms with E-state index in [4.69, 9.17) is 4.74 Å². The van der Waals surface area contributed by atoms with Crippen molar-refractivity contribution < 1.29 is 9.53 Å². The summed E-state index contributed by atoms with van der Waals surface area (Å²) in [5, 5.41) is 5.84. The Morgan fingerprint density at radius 1 is 1.42 bits per heavy atom. The Labute approximate surface area is 159 Å². The van der Waals surface area contributed by atoms with Gasteiger partial charge in [0.15, 0.2) is 5.13 Å². The molecule has 1 fully saturated rings. The third kappa shape index (κ3) is 3.84. The number of carbonyl (C=O) groups excluding carboxylic acids is 1. The Morgan fingerprint density at radius 2 is 2.35 bits per heavy atom. The quantitative estimate of drug-likeness (QED) is 0.598. The first-order valence-corrected chi connectivity index (χ1v) is 10.6. The number of nitrogens with zero attached hydrogens (tertiary/aromatic N) is 3. The highest BCUT2D eigenvalue weighted by molar-refractivity contribution is 8.00. The highest BCUT2D eigenvalue weighted by atomic mass is 32.2. The zero-order valence-electron chi connectivity index (χ0n) is 14.3. The number of hydrogen-bond donors (Lipinski definition) is 1. The monoisotopic (exact) mass is 392 g/mol. The van der Waals surface area contributed by atoms with Gasteiger partial charge in [-0.3, -0.25) is 9.36 Å². The van der Waals surface area contributed by atoms with E-state index in [0.717, 1.165) is 50.0 Å². The molecule has 1 unspecified atom stereocenters. The SMILES string of the molecule is O=C(CSc1nc(=O)n(CC2CCCO2)c2c1CCC2)Nc1nccs1. The minimum absolute atomic E-state index is 0.113. The maximum absolute atomic E-state index is 12.6. The van der Waals surface area contributed by atoms with E-state index in [2.05, 4.69) is 15.3 Å². The van der Waals surface area contributed by atoms with Crippen molar-refractivity contribution in [2.75, 3.05) is 17.7 Å². The molecule has 1 aliphatic heterocycles. The van der Waals surface area contributed by atoms with Crippen LogP contribution in [0.4, 0.5) is 5.13 Å². The van der Waals surface area contributed by atoms with Crippen LogP contribution in [0.5, 0.6) is 0 Å². The van der Waals surface area contributed by atoms with Crippen molar-refractivity contribution in [2.45, 2.75) is 49.8 Å². The molecule has 0 radical (unpaired) electrons. The van der Waals surface area contributed by atoms with Crippen LogP contribution < -0.4 is 11.0 Å². The maximum atomic E-state index is 12.6. The first-order chi connectivity index (χ1) is 12.7. The summed E-state index contributed by atoms with van der Waals surface area (Å²) in [4.78, 5) is 33.0. The van der Waals surface area contributed by atoms with Crippen LogP contribution in [0, 0.1) is 0 Å². The molecule has 1 aliphatic carbocycles. The molecule has 7 nitrogen and oxygen atoms in total. The second kappa shape index (κ2) is 7.89. The molecule has 9 heteroatoms. The fourth-order valence-corrected chi connectivity index (χ4v) is 4.88. The van der Waals surface area contributed by atoms with Gasteiger partial charge in [-0.25, -0.2) is 9.78 Å². The van der Waals surface area contributed by atoms with Crippen molar-refractivity contribution >= 4 is 34.1 Å². The van der Waals surface area contributed by atoms with Crippen molar-refractivity contribution in [3.05, 3.63) is 33.3 Å². The molecule has 1 atom stereocenters. The highest BCUT2D eigenvalue weighted by Crippen LogP contribution is 2.30. The van der Waals surface area contributed by atoms with Gasteiger partial charge in [-0.05, 0) is 32.1 Å². The molecule has 0 bridgehead atoms. The average molecular weight is 393 g/mol. The smallest absolute Gasteiger partial charge is 0.348 e. The van der Waals surface area contributed by atoms with Crippen LogP contribution in [0.2, 0.25) is 0 Å². The lowest BCUT2D eigenvalue weighted by Gasteiger charge is -2.17. The van der Waals surface area contributed by atoms with Gasteiger partial charge in [0.05, 0.1) is 18.4 Å². The van der Waals surface area contributed by atoms with Crippen molar-refractivity contribution in [2.24, 2.45) is 0 Å². The molecule has 0 spiro atoms. The first-order valence-electron chi connectivity index (χ1n) is 8.77. The molecular weight excluding hydrogens is 372 g/mol. The van der Waals surface area contributed by atoms with Crippen LogP contribution in [0.15, 0.2) is 21.4 Å². The Bertz CT molecular complexity index is 844. The molecule has 1 saturated heterocycles. The van der Waals surface area contributed by atoms with E-state index < -0.39 is 0 Å². The largest absolute Gasteiger partial charge is 0.376 e. The number of rotatable bonds is 6. The average Bonchev–Trinajstić information content (AvgIpc) is 3.37.